The van der Waals surface area contributed by atoms with E-state index in [1.807, 2.05) is 41.4 Å². The zero-order valence-electron chi connectivity index (χ0n) is 16.3. The van der Waals surface area contributed by atoms with Gasteiger partial charge >= 0.3 is 0 Å². The molecule has 5 rings (SSSR count). The predicted molar refractivity (Wildman–Crippen MR) is 116 cm³/mol. The highest BCUT2D eigenvalue weighted by atomic mass is 16.3. The van der Waals surface area contributed by atoms with Crippen molar-refractivity contribution in [1.29, 1.82) is 0 Å². The number of hydrogen-bond acceptors (Lipinski definition) is 5. The minimum absolute atomic E-state index is 0.292. The molecule has 0 radical (unpaired) electrons. The molecule has 2 heterocycles. The summed E-state index contributed by atoms with van der Waals surface area (Å²) in [6.07, 6.45) is 7.42. The third kappa shape index (κ3) is 3.28. The summed E-state index contributed by atoms with van der Waals surface area (Å²) in [7, 11) is 0. The molecule has 5 nitrogen and oxygen atoms in total. The van der Waals surface area contributed by atoms with Crippen molar-refractivity contribution in [2.75, 3.05) is 5.01 Å². The lowest BCUT2D eigenvalue weighted by atomic mass is 9.94. The molecule has 0 unspecified atom stereocenters. The van der Waals surface area contributed by atoms with Crippen LogP contribution in [0.1, 0.15) is 32.1 Å². The Balaban J connectivity index is 1.75. The first-order chi connectivity index (χ1) is 14.3. The fourth-order valence-corrected chi connectivity index (χ4v) is 4.32. The summed E-state index contributed by atoms with van der Waals surface area (Å²) >= 11 is 0. The summed E-state index contributed by atoms with van der Waals surface area (Å²) in [5.74, 6) is 8.17. The molecule has 1 aliphatic carbocycles. The monoisotopic (exact) mass is 384 g/mol. The van der Waals surface area contributed by atoms with E-state index in [0.717, 1.165) is 46.5 Å². The molecule has 0 saturated heterocycles. The molecule has 0 aliphatic heterocycles. The van der Waals surface area contributed by atoms with Crippen molar-refractivity contribution >= 4 is 16.9 Å². The van der Waals surface area contributed by atoms with Crippen LogP contribution in [0.25, 0.3) is 33.6 Å². The number of anilines is 1. The summed E-state index contributed by atoms with van der Waals surface area (Å²) in [6.45, 7) is 0. The number of rotatable bonds is 4. The molecule has 29 heavy (non-hydrogen) atoms. The second-order valence-corrected chi connectivity index (χ2v) is 7.61. The third-order valence-electron chi connectivity index (χ3n) is 5.78. The van der Waals surface area contributed by atoms with Crippen LogP contribution < -0.4 is 10.9 Å². The highest BCUT2D eigenvalue weighted by Gasteiger charge is 2.27. The van der Waals surface area contributed by atoms with Crippen LogP contribution in [0.3, 0.4) is 0 Å². The predicted octanol–water partition coefficient (Wildman–Crippen LogP) is 5.57. The third-order valence-corrected chi connectivity index (χ3v) is 5.78. The van der Waals surface area contributed by atoms with E-state index < -0.39 is 0 Å². The number of hydrazine groups is 1. The van der Waals surface area contributed by atoms with Gasteiger partial charge in [-0.1, -0.05) is 79.9 Å². The highest BCUT2D eigenvalue weighted by Crippen LogP contribution is 2.43. The molecule has 4 aromatic rings. The zero-order valence-corrected chi connectivity index (χ0v) is 16.3. The molecule has 146 valence electrons. The van der Waals surface area contributed by atoms with Gasteiger partial charge in [-0.05, 0) is 18.4 Å². The van der Waals surface area contributed by atoms with E-state index in [-0.39, 0.29) is 0 Å². The average molecular weight is 384 g/mol. The molecule has 2 aromatic heterocycles. The van der Waals surface area contributed by atoms with Crippen molar-refractivity contribution in [2.24, 2.45) is 5.84 Å². The van der Waals surface area contributed by atoms with Crippen molar-refractivity contribution in [3.05, 3.63) is 67.0 Å². The van der Waals surface area contributed by atoms with Crippen LogP contribution in [0, 0.1) is 0 Å². The van der Waals surface area contributed by atoms with Gasteiger partial charge in [0.05, 0.1) is 5.39 Å². The lowest BCUT2D eigenvalue weighted by Gasteiger charge is -2.31. The second-order valence-electron chi connectivity index (χ2n) is 7.61. The van der Waals surface area contributed by atoms with E-state index in [9.17, 15) is 0 Å². The van der Waals surface area contributed by atoms with Crippen LogP contribution in [0.5, 0.6) is 0 Å². The van der Waals surface area contributed by atoms with Gasteiger partial charge in [-0.2, -0.15) is 0 Å². The summed E-state index contributed by atoms with van der Waals surface area (Å²) in [6, 6.07) is 20.7. The Kier molecular flexibility index (Phi) is 4.74. The van der Waals surface area contributed by atoms with Gasteiger partial charge in [-0.15, -0.1) is 0 Å². The van der Waals surface area contributed by atoms with E-state index in [2.05, 4.69) is 34.2 Å². The first-order valence-electron chi connectivity index (χ1n) is 10.2. The number of hydrogen-bond donors (Lipinski definition) is 1. The number of nitrogens with zero attached hydrogens (tertiary/aromatic N) is 3. The van der Waals surface area contributed by atoms with Crippen molar-refractivity contribution in [1.82, 2.24) is 9.97 Å². The van der Waals surface area contributed by atoms with Gasteiger partial charge in [-0.25, -0.2) is 15.8 Å². The van der Waals surface area contributed by atoms with Crippen LogP contribution in [0.4, 0.5) is 5.82 Å². The number of furan rings is 1. The van der Waals surface area contributed by atoms with Gasteiger partial charge in [0.25, 0.3) is 0 Å². The van der Waals surface area contributed by atoms with Crippen LogP contribution >= 0.6 is 0 Å². The Bertz CT molecular complexity index is 1100. The van der Waals surface area contributed by atoms with Crippen LogP contribution in [0.2, 0.25) is 0 Å². The van der Waals surface area contributed by atoms with Gasteiger partial charge in [0, 0.05) is 17.2 Å². The molecule has 1 saturated carbocycles. The number of benzene rings is 2. The maximum absolute atomic E-state index is 6.63. The average Bonchev–Trinajstić information content (AvgIpc) is 3.20. The molecule has 1 aliphatic rings. The molecule has 2 N–H and O–H groups in total. The molecule has 0 spiro atoms. The Labute approximate surface area is 170 Å². The lowest BCUT2D eigenvalue weighted by Crippen LogP contribution is -2.43. The summed E-state index contributed by atoms with van der Waals surface area (Å²) in [4.78, 5) is 9.05. The van der Waals surface area contributed by atoms with Crippen molar-refractivity contribution in [3.8, 4) is 22.5 Å². The quantitative estimate of drug-likeness (QED) is 0.368. The van der Waals surface area contributed by atoms with Gasteiger partial charge < -0.3 is 4.42 Å². The van der Waals surface area contributed by atoms with E-state index in [4.69, 9.17) is 10.3 Å². The Hall–Kier alpha value is -3.18. The molecule has 1 fully saturated rings. The first kappa shape index (κ1) is 17.9. The summed E-state index contributed by atoms with van der Waals surface area (Å²) in [5, 5.41) is 2.73. The van der Waals surface area contributed by atoms with E-state index >= 15 is 0 Å². The fraction of sp³-hybridized carbons (Fsp3) is 0.250. The van der Waals surface area contributed by atoms with Gasteiger partial charge in [0.15, 0.2) is 5.82 Å². The van der Waals surface area contributed by atoms with Crippen molar-refractivity contribution in [3.63, 3.8) is 0 Å². The second kappa shape index (κ2) is 7.68. The smallest absolute Gasteiger partial charge is 0.232 e. The normalized spacial score (nSPS) is 14.9. The van der Waals surface area contributed by atoms with Gasteiger partial charge in [0.1, 0.15) is 12.1 Å². The Morgan fingerprint density at radius 2 is 1.48 bits per heavy atom. The van der Waals surface area contributed by atoms with Crippen molar-refractivity contribution < 1.29 is 4.42 Å². The summed E-state index contributed by atoms with van der Waals surface area (Å²) < 4.78 is 6.28. The molecule has 0 bridgehead atoms. The first-order valence-corrected chi connectivity index (χ1v) is 10.2. The number of aromatic nitrogens is 2. The fourth-order valence-electron chi connectivity index (χ4n) is 4.32. The molecule has 5 heteroatoms. The number of nitrogens with two attached hydrogens (primary N) is 1. The molecular formula is C24H24N4O. The maximum atomic E-state index is 6.63. The topological polar surface area (TPSA) is 68.2 Å². The SMILES string of the molecule is NN(c1ncnc2oc(-c3ccccc3)c(-c3ccccc3)c12)C1CCCCC1. The molecule has 0 atom stereocenters. The minimum atomic E-state index is 0.292. The van der Waals surface area contributed by atoms with Gasteiger partial charge in [-0.3, -0.25) is 5.01 Å². The van der Waals surface area contributed by atoms with E-state index in [1.165, 1.54) is 19.3 Å². The maximum Gasteiger partial charge on any atom is 0.232 e. The van der Waals surface area contributed by atoms with Crippen LogP contribution in [0.15, 0.2) is 71.4 Å². The zero-order chi connectivity index (χ0) is 19.6. The molecule has 2 aromatic carbocycles. The summed E-state index contributed by atoms with van der Waals surface area (Å²) in [5.41, 5.74) is 3.64. The highest BCUT2D eigenvalue weighted by molar-refractivity contribution is 6.06. The standard InChI is InChI=1S/C24H24N4O/c25-28(19-14-8-3-9-15-19)23-21-20(17-10-4-1-5-11-17)22(18-12-6-2-7-13-18)29-24(21)27-16-26-23/h1-2,4-7,10-13,16,19H,3,8-9,14-15,25H2. The van der Waals surface area contributed by atoms with E-state index in [1.54, 1.807) is 6.33 Å². The molecular weight excluding hydrogens is 360 g/mol. The van der Waals surface area contributed by atoms with E-state index in [0.29, 0.717) is 11.8 Å². The Morgan fingerprint density at radius 3 is 2.17 bits per heavy atom. The van der Waals surface area contributed by atoms with Crippen LogP contribution in [-0.2, 0) is 0 Å². The largest absolute Gasteiger partial charge is 0.437 e. The van der Waals surface area contributed by atoms with Crippen LogP contribution in [-0.4, -0.2) is 16.0 Å². The number of fused-ring (bicyclic) bond motifs is 1. The lowest BCUT2D eigenvalue weighted by molar-refractivity contribution is 0.416. The minimum Gasteiger partial charge on any atom is -0.437 e. The van der Waals surface area contributed by atoms with Crippen molar-refractivity contribution in [2.45, 2.75) is 38.1 Å². The van der Waals surface area contributed by atoms with Gasteiger partial charge in [0.2, 0.25) is 5.71 Å². The molecule has 0 amide bonds. The Morgan fingerprint density at radius 1 is 0.828 bits per heavy atom.